The van der Waals surface area contributed by atoms with E-state index in [0.717, 1.165) is 44.9 Å². The lowest BCUT2D eigenvalue weighted by atomic mass is 10.0. The van der Waals surface area contributed by atoms with Gasteiger partial charge in [0.1, 0.15) is 0 Å². The summed E-state index contributed by atoms with van der Waals surface area (Å²) < 4.78 is 0. The van der Waals surface area contributed by atoms with E-state index in [-0.39, 0.29) is 12.5 Å². The molecule has 0 saturated carbocycles. The van der Waals surface area contributed by atoms with E-state index in [1.54, 1.807) is 0 Å². The number of unbranched alkanes of at least 4 members (excludes halogenated alkanes) is 17. The van der Waals surface area contributed by atoms with Crippen LogP contribution in [-0.2, 0) is 4.79 Å². The van der Waals surface area contributed by atoms with Gasteiger partial charge in [-0.2, -0.15) is 0 Å². The molecule has 0 aliphatic carbocycles. The summed E-state index contributed by atoms with van der Waals surface area (Å²) in [7, 11) is 0. The lowest BCUT2D eigenvalue weighted by Crippen LogP contribution is -2.45. The number of aliphatic hydroxyl groups excluding tert-OH is 2. The van der Waals surface area contributed by atoms with Gasteiger partial charge in [-0.3, -0.25) is 4.79 Å². The third-order valence-corrected chi connectivity index (χ3v) is 7.22. The van der Waals surface area contributed by atoms with Crippen molar-refractivity contribution in [3.8, 4) is 0 Å². The van der Waals surface area contributed by atoms with E-state index in [1.807, 2.05) is 0 Å². The Morgan fingerprint density at radius 2 is 1.11 bits per heavy atom. The fraction of sp³-hybridized carbons (Fsp3) is 0.848. The van der Waals surface area contributed by atoms with Gasteiger partial charge in [-0.25, -0.2) is 0 Å². The molecular formula is C33H63NO3. The molecule has 0 aromatic carbocycles. The lowest BCUT2D eigenvalue weighted by Gasteiger charge is -2.22. The van der Waals surface area contributed by atoms with Gasteiger partial charge in [-0.05, 0) is 44.9 Å². The second kappa shape index (κ2) is 29.4. The van der Waals surface area contributed by atoms with Crippen LogP contribution in [0.25, 0.3) is 0 Å². The zero-order valence-electron chi connectivity index (χ0n) is 24.7. The Kier molecular flexibility index (Phi) is 28.5. The zero-order valence-corrected chi connectivity index (χ0v) is 24.7. The Morgan fingerprint density at radius 1 is 0.649 bits per heavy atom. The quantitative estimate of drug-likeness (QED) is 0.0711. The molecule has 0 bridgehead atoms. The molecule has 37 heavy (non-hydrogen) atoms. The second-order valence-electron chi connectivity index (χ2n) is 10.9. The minimum Gasteiger partial charge on any atom is -0.394 e. The summed E-state index contributed by atoms with van der Waals surface area (Å²) >= 11 is 0. The van der Waals surface area contributed by atoms with Crippen molar-refractivity contribution in [1.29, 1.82) is 0 Å². The van der Waals surface area contributed by atoms with E-state index in [1.165, 1.54) is 89.9 Å². The maximum atomic E-state index is 12.2. The molecule has 0 fully saturated rings. The fourth-order valence-electron chi connectivity index (χ4n) is 4.68. The van der Waals surface area contributed by atoms with Crippen LogP contribution < -0.4 is 5.32 Å². The predicted molar refractivity (Wildman–Crippen MR) is 161 cm³/mol. The van der Waals surface area contributed by atoms with Crippen molar-refractivity contribution in [2.24, 2.45) is 0 Å². The van der Waals surface area contributed by atoms with Gasteiger partial charge in [-0.15, -0.1) is 0 Å². The van der Waals surface area contributed by atoms with Gasteiger partial charge >= 0.3 is 0 Å². The van der Waals surface area contributed by atoms with E-state index >= 15 is 0 Å². The van der Waals surface area contributed by atoms with Crippen molar-refractivity contribution in [3.63, 3.8) is 0 Å². The molecule has 0 aromatic rings. The van der Waals surface area contributed by atoms with Gasteiger partial charge in [0.05, 0.1) is 18.8 Å². The summed E-state index contributed by atoms with van der Waals surface area (Å²) in [5, 5.41) is 22.9. The maximum absolute atomic E-state index is 12.2. The van der Waals surface area contributed by atoms with Gasteiger partial charge in [0.15, 0.2) is 0 Å². The minimum absolute atomic E-state index is 0.0492. The minimum atomic E-state index is -0.660. The normalized spacial score (nSPS) is 13.5. The standard InChI is InChI=1S/C33H63NO3/c1-3-5-7-9-11-13-15-16-17-18-19-21-23-25-27-29-33(37)34-31(30-35)32(36)28-26-24-22-20-14-12-10-8-6-4-2/h11,13,16-17,31-32,35-36H,3-10,12,14-15,18-30H2,1-2H3,(H,34,37)/b13-11+,17-16+/t31-,32+/m0/s1. The first-order valence-corrected chi connectivity index (χ1v) is 16.0. The molecular weight excluding hydrogens is 458 g/mol. The number of carbonyl (C=O) groups excluding carboxylic acids is 1. The molecule has 0 aliphatic heterocycles. The summed E-state index contributed by atoms with van der Waals surface area (Å²) in [5.41, 5.74) is 0. The van der Waals surface area contributed by atoms with Crippen molar-refractivity contribution in [2.45, 2.75) is 174 Å². The maximum Gasteiger partial charge on any atom is 0.220 e. The average molecular weight is 522 g/mol. The molecule has 0 spiro atoms. The number of carbonyl (C=O) groups is 1. The first-order chi connectivity index (χ1) is 18.2. The van der Waals surface area contributed by atoms with Crippen LogP contribution in [0, 0.1) is 0 Å². The van der Waals surface area contributed by atoms with Crippen LogP contribution in [0.3, 0.4) is 0 Å². The summed E-state index contributed by atoms with van der Waals surface area (Å²) in [6, 6.07) is -0.538. The zero-order chi connectivity index (χ0) is 27.2. The molecule has 0 unspecified atom stereocenters. The van der Waals surface area contributed by atoms with Gasteiger partial charge in [-0.1, -0.05) is 134 Å². The third-order valence-electron chi connectivity index (χ3n) is 7.22. The lowest BCUT2D eigenvalue weighted by molar-refractivity contribution is -0.123. The highest BCUT2D eigenvalue weighted by molar-refractivity contribution is 5.76. The first-order valence-electron chi connectivity index (χ1n) is 16.0. The highest BCUT2D eigenvalue weighted by Gasteiger charge is 2.19. The van der Waals surface area contributed by atoms with Crippen molar-refractivity contribution in [2.75, 3.05) is 6.61 Å². The molecule has 0 heterocycles. The van der Waals surface area contributed by atoms with Gasteiger partial charge in [0.2, 0.25) is 5.91 Å². The van der Waals surface area contributed by atoms with E-state index in [0.29, 0.717) is 12.8 Å². The number of rotatable bonds is 28. The summed E-state index contributed by atoms with van der Waals surface area (Å²) in [4.78, 5) is 12.2. The summed E-state index contributed by atoms with van der Waals surface area (Å²) in [5.74, 6) is -0.0492. The number of hydrogen-bond acceptors (Lipinski definition) is 3. The van der Waals surface area contributed by atoms with Gasteiger partial charge in [0.25, 0.3) is 0 Å². The number of amides is 1. The van der Waals surface area contributed by atoms with Crippen LogP contribution in [0.5, 0.6) is 0 Å². The van der Waals surface area contributed by atoms with Gasteiger partial charge < -0.3 is 15.5 Å². The van der Waals surface area contributed by atoms with Crippen LogP contribution >= 0.6 is 0 Å². The first kappa shape index (κ1) is 35.9. The number of aliphatic hydroxyl groups is 2. The van der Waals surface area contributed by atoms with Crippen molar-refractivity contribution in [1.82, 2.24) is 5.32 Å². The van der Waals surface area contributed by atoms with E-state index in [9.17, 15) is 15.0 Å². The monoisotopic (exact) mass is 521 g/mol. The number of nitrogens with one attached hydrogen (secondary N) is 1. The van der Waals surface area contributed by atoms with E-state index in [2.05, 4.69) is 43.5 Å². The molecule has 0 aromatic heterocycles. The van der Waals surface area contributed by atoms with Crippen LogP contribution in [0.15, 0.2) is 24.3 Å². The molecule has 0 radical (unpaired) electrons. The Morgan fingerprint density at radius 3 is 1.68 bits per heavy atom. The van der Waals surface area contributed by atoms with Crippen LogP contribution in [0.2, 0.25) is 0 Å². The Labute approximate surface area is 230 Å². The SMILES string of the molecule is CCCCC/C=C/C/C=C/CCCCCCCC(=O)N[C@@H](CO)[C@H](O)CCCCCCCCCCCC. The molecule has 0 saturated heterocycles. The fourth-order valence-corrected chi connectivity index (χ4v) is 4.68. The Balaban J connectivity index is 3.64. The van der Waals surface area contributed by atoms with E-state index < -0.39 is 12.1 Å². The smallest absolute Gasteiger partial charge is 0.220 e. The average Bonchev–Trinajstić information content (AvgIpc) is 2.90. The molecule has 0 aliphatic rings. The summed E-state index contributed by atoms with van der Waals surface area (Å²) in [6.07, 6.45) is 35.0. The number of allylic oxidation sites excluding steroid dienone is 4. The van der Waals surface area contributed by atoms with Crippen LogP contribution in [-0.4, -0.2) is 34.9 Å². The second-order valence-corrected chi connectivity index (χ2v) is 10.9. The number of hydrogen-bond donors (Lipinski definition) is 3. The topological polar surface area (TPSA) is 69.6 Å². The molecule has 2 atom stereocenters. The van der Waals surface area contributed by atoms with Crippen molar-refractivity contribution < 1.29 is 15.0 Å². The third kappa shape index (κ3) is 26.3. The van der Waals surface area contributed by atoms with Crippen molar-refractivity contribution in [3.05, 3.63) is 24.3 Å². The molecule has 4 nitrogen and oxygen atoms in total. The molecule has 3 N–H and O–H groups in total. The van der Waals surface area contributed by atoms with Crippen molar-refractivity contribution >= 4 is 5.91 Å². The van der Waals surface area contributed by atoms with E-state index in [4.69, 9.17) is 0 Å². The Bertz CT molecular complexity index is 532. The van der Waals surface area contributed by atoms with Gasteiger partial charge in [0, 0.05) is 6.42 Å². The van der Waals surface area contributed by atoms with Crippen LogP contribution in [0.4, 0.5) is 0 Å². The highest BCUT2D eigenvalue weighted by atomic mass is 16.3. The largest absolute Gasteiger partial charge is 0.394 e. The van der Waals surface area contributed by atoms with Crippen LogP contribution in [0.1, 0.15) is 162 Å². The summed E-state index contributed by atoms with van der Waals surface area (Å²) in [6.45, 7) is 4.29. The molecule has 218 valence electrons. The molecule has 4 heteroatoms. The molecule has 0 rings (SSSR count). The highest BCUT2D eigenvalue weighted by Crippen LogP contribution is 2.13. The predicted octanol–water partition coefficient (Wildman–Crippen LogP) is 8.95. The molecule has 1 amide bonds. The Hall–Kier alpha value is -1.13.